The molecule has 30 heavy (non-hydrogen) atoms. The van der Waals surface area contributed by atoms with E-state index < -0.39 is 0 Å². The maximum atomic E-state index is 13.7. The van der Waals surface area contributed by atoms with E-state index in [9.17, 15) is 9.59 Å². The van der Waals surface area contributed by atoms with Gasteiger partial charge in [0, 0.05) is 26.2 Å². The molecule has 0 unspecified atom stereocenters. The van der Waals surface area contributed by atoms with Gasteiger partial charge >= 0.3 is 0 Å². The van der Waals surface area contributed by atoms with Gasteiger partial charge in [0.2, 0.25) is 0 Å². The molecule has 156 valence electrons. The molecule has 0 radical (unpaired) electrons. The lowest BCUT2D eigenvalue weighted by molar-refractivity contribution is -0.120. The molecule has 0 aromatic heterocycles. The van der Waals surface area contributed by atoms with Gasteiger partial charge in [-0.05, 0) is 63.1 Å². The minimum atomic E-state index is -0.227. The van der Waals surface area contributed by atoms with Crippen LogP contribution in [0, 0.1) is 27.7 Å². The lowest BCUT2D eigenvalue weighted by Gasteiger charge is -2.34. The number of likely N-dealkylation sites (N-methyl/N-ethyl adjacent to an activating group) is 1. The zero-order valence-corrected chi connectivity index (χ0v) is 18.5. The predicted octanol–water partition coefficient (Wildman–Crippen LogP) is 3.45. The van der Waals surface area contributed by atoms with Crippen LogP contribution in [0.4, 0.5) is 5.69 Å². The van der Waals surface area contributed by atoms with Gasteiger partial charge in [0.15, 0.2) is 0 Å². The third kappa shape index (κ3) is 3.43. The molecule has 1 saturated heterocycles. The van der Waals surface area contributed by atoms with Crippen LogP contribution < -0.4 is 4.90 Å². The Kier molecular flexibility index (Phi) is 5.24. The predicted molar refractivity (Wildman–Crippen MR) is 120 cm³/mol. The van der Waals surface area contributed by atoms with Crippen LogP contribution in [0.3, 0.4) is 0 Å². The second-order valence-corrected chi connectivity index (χ2v) is 8.57. The lowest BCUT2D eigenvalue weighted by Crippen LogP contribution is -2.46. The van der Waals surface area contributed by atoms with Crippen LogP contribution in [0.5, 0.6) is 0 Å². The summed E-state index contributed by atoms with van der Waals surface area (Å²) in [5, 5.41) is 0. The van der Waals surface area contributed by atoms with Crippen LogP contribution in [-0.4, -0.2) is 54.8 Å². The Labute approximate surface area is 178 Å². The Hall–Kier alpha value is -2.92. The Morgan fingerprint density at radius 1 is 0.733 bits per heavy atom. The molecule has 0 N–H and O–H groups in total. The third-order valence-electron chi connectivity index (χ3n) is 6.14. The molecule has 2 aromatic carbocycles. The van der Waals surface area contributed by atoms with Gasteiger partial charge in [0.1, 0.15) is 5.70 Å². The number of imide groups is 1. The number of aryl methyl sites for hydroxylation is 4. The monoisotopic (exact) mass is 403 g/mol. The number of hydrogen-bond acceptors (Lipinski definition) is 4. The van der Waals surface area contributed by atoms with Gasteiger partial charge < -0.3 is 9.80 Å². The van der Waals surface area contributed by atoms with Crippen molar-refractivity contribution < 1.29 is 9.59 Å². The molecule has 0 aliphatic carbocycles. The van der Waals surface area contributed by atoms with E-state index in [1.165, 1.54) is 4.90 Å². The van der Waals surface area contributed by atoms with Crippen LogP contribution in [0.15, 0.2) is 42.1 Å². The zero-order valence-electron chi connectivity index (χ0n) is 18.5. The second kappa shape index (κ2) is 7.73. The first-order valence-electron chi connectivity index (χ1n) is 10.5. The highest BCUT2D eigenvalue weighted by Crippen LogP contribution is 2.37. The molecule has 1 fully saturated rings. The van der Waals surface area contributed by atoms with Crippen molar-refractivity contribution in [1.82, 2.24) is 9.80 Å². The molecular weight excluding hydrogens is 374 g/mol. The summed E-state index contributed by atoms with van der Waals surface area (Å²) in [5.41, 5.74) is 6.70. The van der Waals surface area contributed by atoms with Gasteiger partial charge in [-0.3, -0.25) is 9.59 Å². The fourth-order valence-corrected chi connectivity index (χ4v) is 4.36. The molecule has 5 nitrogen and oxygen atoms in total. The zero-order chi connectivity index (χ0) is 21.6. The van der Waals surface area contributed by atoms with Crippen molar-refractivity contribution in [2.24, 2.45) is 0 Å². The van der Waals surface area contributed by atoms with Crippen LogP contribution in [0.2, 0.25) is 0 Å². The first-order valence-corrected chi connectivity index (χ1v) is 10.5. The first kappa shape index (κ1) is 20.4. The molecule has 2 amide bonds. The normalized spacial score (nSPS) is 18.0. The molecule has 0 atom stereocenters. The summed E-state index contributed by atoms with van der Waals surface area (Å²) in [6, 6.07) is 12.0. The third-order valence-corrected chi connectivity index (χ3v) is 6.14. The number of benzene rings is 2. The molecule has 0 saturated carbocycles. The van der Waals surface area contributed by atoms with E-state index in [0.717, 1.165) is 54.0 Å². The molecule has 0 spiro atoms. The Balaban J connectivity index is 1.87. The summed E-state index contributed by atoms with van der Waals surface area (Å²) in [6.07, 6.45) is 0. The number of hydrogen-bond donors (Lipinski definition) is 0. The lowest BCUT2D eigenvalue weighted by atomic mass is 9.97. The van der Waals surface area contributed by atoms with Crippen LogP contribution >= 0.6 is 0 Å². The van der Waals surface area contributed by atoms with E-state index in [1.807, 2.05) is 58.0 Å². The largest absolute Gasteiger partial charge is 0.364 e. The number of anilines is 1. The smallest absolute Gasteiger partial charge is 0.282 e. The summed E-state index contributed by atoms with van der Waals surface area (Å²) in [6.45, 7) is 11.2. The number of carbonyl (C=O) groups is 2. The van der Waals surface area contributed by atoms with Crippen molar-refractivity contribution in [2.75, 3.05) is 38.1 Å². The number of amides is 2. The fourth-order valence-electron chi connectivity index (χ4n) is 4.36. The minimum Gasteiger partial charge on any atom is -0.364 e. The van der Waals surface area contributed by atoms with Crippen LogP contribution in [0.25, 0.3) is 5.57 Å². The van der Waals surface area contributed by atoms with Crippen molar-refractivity contribution in [2.45, 2.75) is 27.7 Å². The average Bonchev–Trinajstić information content (AvgIpc) is 2.95. The molecule has 2 aliphatic heterocycles. The van der Waals surface area contributed by atoms with Crippen molar-refractivity contribution in [3.8, 4) is 0 Å². The fraction of sp³-hybridized carbons (Fsp3) is 0.360. The molecule has 2 aromatic rings. The Morgan fingerprint density at radius 2 is 1.37 bits per heavy atom. The maximum absolute atomic E-state index is 13.7. The molecule has 2 heterocycles. The van der Waals surface area contributed by atoms with Gasteiger partial charge in [0.25, 0.3) is 11.8 Å². The minimum absolute atomic E-state index is 0.215. The topological polar surface area (TPSA) is 43.9 Å². The van der Waals surface area contributed by atoms with E-state index in [4.69, 9.17) is 0 Å². The summed E-state index contributed by atoms with van der Waals surface area (Å²) in [5.74, 6) is -0.442. The van der Waals surface area contributed by atoms with Gasteiger partial charge in [-0.1, -0.05) is 35.9 Å². The second-order valence-electron chi connectivity index (χ2n) is 8.57. The van der Waals surface area contributed by atoms with E-state index in [2.05, 4.69) is 22.9 Å². The highest BCUT2D eigenvalue weighted by Gasteiger charge is 2.43. The van der Waals surface area contributed by atoms with E-state index >= 15 is 0 Å². The first-order chi connectivity index (χ1) is 14.3. The maximum Gasteiger partial charge on any atom is 0.282 e. The number of nitrogens with zero attached hydrogens (tertiary/aromatic N) is 3. The number of rotatable bonds is 3. The molecule has 5 heteroatoms. The van der Waals surface area contributed by atoms with E-state index in [1.54, 1.807) is 0 Å². The van der Waals surface area contributed by atoms with Gasteiger partial charge in [-0.2, -0.15) is 0 Å². The van der Waals surface area contributed by atoms with Crippen LogP contribution in [0.1, 0.15) is 27.8 Å². The van der Waals surface area contributed by atoms with Gasteiger partial charge in [-0.25, -0.2) is 4.90 Å². The van der Waals surface area contributed by atoms with Crippen molar-refractivity contribution in [1.29, 1.82) is 0 Å². The Morgan fingerprint density at radius 3 is 2.03 bits per heavy atom. The number of piperazine rings is 1. The summed E-state index contributed by atoms with van der Waals surface area (Å²) in [4.78, 5) is 33.2. The quantitative estimate of drug-likeness (QED) is 0.737. The number of carbonyl (C=O) groups excluding carboxylic acids is 2. The molecule has 0 bridgehead atoms. The highest BCUT2D eigenvalue weighted by molar-refractivity contribution is 6.45. The van der Waals surface area contributed by atoms with E-state index in [0.29, 0.717) is 17.0 Å². The summed E-state index contributed by atoms with van der Waals surface area (Å²) >= 11 is 0. The average molecular weight is 404 g/mol. The van der Waals surface area contributed by atoms with Crippen molar-refractivity contribution in [3.63, 3.8) is 0 Å². The van der Waals surface area contributed by atoms with Gasteiger partial charge in [-0.15, -0.1) is 0 Å². The SMILES string of the molecule is Cc1ccc(C2=C(N3CCN(C)CC3)C(=O)N(c3cc(C)ccc3C)C2=O)c(C)c1. The highest BCUT2D eigenvalue weighted by atomic mass is 16.2. The molecule has 4 rings (SSSR count). The standard InChI is InChI=1S/C25H29N3O2/c1-16-7-9-20(19(4)14-16)22-23(27-12-10-26(5)11-13-27)25(30)28(24(22)29)21-15-17(2)6-8-18(21)3/h6-9,14-15H,10-13H2,1-5H3. The summed E-state index contributed by atoms with van der Waals surface area (Å²) in [7, 11) is 2.08. The molecule has 2 aliphatic rings. The van der Waals surface area contributed by atoms with E-state index in [-0.39, 0.29) is 11.8 Å². The molecular formula is C25H29N3O2. The van der Waals surface area contributed by atoms with Crippen molar-refractivity contribution in [3.05, 3.63) is 69.9 Å². The van der Waals surface area contributed by atoms with Gasteiger partial charge in [0.05, 0.1) is 11.3 Å². The summed E-state index contributed by atoms with van der Waals surface area (Å²) < 4.78 is 0. The Bertz CT molecular complexity index is 1060. The van der Waals surface area contributed by atoms with Crippen LogP contribution in [-0.2, 0) is 9.59 Å². The van der Waals surface area contributed by atoms with Crippen molar-refractivity contribution >= 4 is 23.1 Å².